The van der Waals surface area contributed by atoms with Crippen LogP contribution in [-0.2, 0) is 4.79 Å². The van der Waals surface area contributed by atoms with E-state index in [1.54, 1.807) is 0 Å². The van der Waals surface area contributed by atoms with Gasteiger partial charge in [-0.05, 0) is 25.5 Å². The van der Waals surface area contributed by atoms with Crippen LogP contribution in [0.2, 0.25) is 0 Å². The topological polar surface area (TPSA) is 35.6 Å². The quantitative estimate of drug-likeness (QED) is 0.871. The van der Waals surface area contributed by atoms with Gasteiger partial charge < -0.3 is 10.2 Å². The zero-order valence-corrected chi connectivity index (χ0v) is 13.2. The Balaban J connectivity index is 2.08. The lowest BCUT2D eigenvalue weighted by Crippen LogP contribution is -2.50. The third-order valence-electron chi connectivity index (χ3n) is 4.02. The lowest BCUT2D eigenvalue weighted by atomic mass is 10.1. The molecule has 1 N–H and O–H groups in total. The van der Waals surface area contributed by atoms with Crippen molar-refractivity contribution in [3.63, 3.8) is 0 Å². The number of nitrogens with one attached hydrogen (secondary N) is 1. The van der Waals surface area contributed by atoms with E-state index in [-0.39, 0.29) is 11.9 Å². The van der Waals surface area contributed by atoms with Gasteiger partial charge in [-0.25, -0.2) is 0 Å². The molecule has 4 nitrogen and oxygen atoms in total. The molecule has 1 amide bonds. The standard InChI is InChI=1S/C17H27N3O/c1-3-7-15(2)20(16-8-5-4-6-9-16)17(21)14-19-12-10-18-11-13-19/h4-6,8-9,15,18H,3,7,10-14H2,1-2H3. The summed E-state index contributed by atoms with van der Waals surface area (Å²) >= 11 is 0. The third-order valence-corrected chi connectivity index (χ3v) is 4.02. The Morgan fingerprint density at radius 2 is 1.95 bits per heavy atom. The Morgan fingerprint density at radius 3 is 2.57 bits per heavy atom. The zero-order chi connectivity index (χ0) is 15.1. The van der Waals surface area contributed by atoms with Crippen LogP contribution in [0.25, 0.3) is 0 Å². The van der Waals surface area contributed by atoms with Crippen molar-refractivity contribution in [1.82, 2.24) is 10.2 Å². The van der Waals surface area contributed by atoms with E-state index in [1.165, 1.54) is 0 Å². The van der Waals surface area contributed by atoms with Crippen molar-refractivity contribution in [2.45, 2.75) is 32.7 Å². The van der Waals surface area contributed by atoms with E-state index < -0.39 is 0 Å². The van der Waals surface area contributed by atoms with Gasteiger partial charge in [0.25, 0.3) is 0 Å². The number of carbonyl (C=O) groups excluding carboxylic acids is 1. The largest absolute Gasteiger partial charge is 0.314 e. The maximum Gasteiger partial charge on any atom is 0.241 e. The molecule has 0 bridgehead atoms. The number of rotatable bonds is 6. The highest BCUT2D eigenvalue weighted by Gasteiger charge is 2.23. The number of para-hydroxylation sites is 1. The fraction of sp³-hybridized carbons (Fsp3) is 0.588. The monoisotopic (exact) mass is 289 g/mol. The number of benzene rings is 1. The number of hydrogen-bond acceptors (Lipinski definition) is 3. The molecule has 2 rings (SSSR count). The normalized spacial score (nSPS) is 17.4. The second-order valence-corrected chi connectivity index (χ2v) is 5.76. The number of amides is 1. The van der Waals surface area contributed by atoms with E-state index in [2.05, 4.69) is 24.1 Å². The molecular weight excluding hydrogens is 262 g/mol. The van der Waals surface area contributed by atoms with E-state index in [4.69, 9.17) is 0 Å². The zero-order valence-electron chi connectivity index (χ0n) is 13.2. The van der Waals surface area contributed by atoms with Crippen LogP contribution in [0, 0.1) is 0 Å². The Hall–Kier alpha value is -1.39. The van der Waals surface area contributed by atoms with Crippen LogP contribution < -0.4 is 10.2 Å². The van der Waals surface area contributed by atoms with E-state index in [0.717, 1.165) is 44.7 Å². The number of carbonyl (C=O) groups is 1. The maximum atomic E-state index is 12.8. The Kier molecular flexibility index (Phi) is 6.21. The van der Waals surface area contributed by atoms with E-state index >= 15 is 0 Å². The average molecular weight is 289 g/mol. The smallest absolute Gasteiger partial charge is 0.241 e. The molecule has 1 unspecified atom stereocenters. The lowest BCUT2D eigenvalue weighted by molar-refractivity contribution is -0.120. The highest BCUT2D eigenvalue weighted by Crippen LogP contribution is 2.19. The van der Waals surface area contributed by atoms with Crippen LogP contribution in [0.5, 0.6) is 0 Å². The van der Waals surface area contributed by atoms with Crippen molar-refractivity contribution < 1.29 is 4.79 Å². The second kappa shape index (κ2) is 8.15. The summed E-state index contributed by atoms with van der Waals surface area (Å²) in [4.78, 5) is 17.0. The van der Waals surface area contributed by atoms with E-state index in [1.807, 2.05) is 35.2 Å². The van der Waals surface area contributed by atoms with Gasteiger partial charge in [0, 0.05) is 37.9 Å². The van der Waals surface area contributed by atoms with Crippen molar-refractivity contribution in [1.29, 1.82) is 0 Å². The fourth-order valence-corrected chi connectivity index (χ4v) is 2.92. The van der Waals surface area contributed by atoms with Gasteiger partial charge in [0.1, 0.15) is 0 Å². The van der Waals surface area contributed by atoms with Crippen molar-refractivity contribution in [3.8, 4) is 0 Å². The van der Waals surface area contributed by atoms with Crippen molar-refractivity contribution >= 4 is 11.6 Å². The minimum Gasteiger partial charge on any atom is -0.314 e. The first-order valence-electron chi connectivity index (χ1n) is 8.02. The molecular formula is C17H27N3O. The average Bonchev–Trinajstić information content (AvgIpc) is 2.50. The van der Waals surface area contributed by atoms with Gasteiger partial charge in [-0.2, -0.15) is 0 Å². The van der Waals surface area contributed by atoms with Gasteiger partial charge in [0.15, 0.2) is 0 Å². The molecule has 21 heavy (non-hydrogen) atoms. The van der Waals surface area contributed by atoms with E-state index in [9.17, 15) is 4.79 Å². The minimum absolute atomic E-state index is 0.212. The molecule has 1 aliphatic rings. The van der Waals surface area contributed by atoms with Crippen LogP contribution in [0.15, 0.2) is 30.3 Å². The predicted octanol–water partition coefficient (Wildman–Crippen LogP) is 2.11. The van der Waals surface area contributed by atoms with Crippen molar-refractivity contribution in [2.75, 3.05) is 37.6 Å². The van der Waals surface area contributed by atoms with Gasteiger partial charge in [0.05, 0.1) is 6.54 Å². The second-order valence-electron chi connectivity index (χ2n) is 5.76. The highest BCUT2D eigenvalue weighted by molar-refractivity contribution is 5.95. The summed E-state index contributed by atoms with van der Waals surface area (Å²) in [7, 11) is 0. The molecule has 1 atom stereocenters. The molecule has 1 saturated heterocycles. The molecule has 1 aromatic carbocycles. The summed E-state index contributed by atoms with van der Waals surface area (Å²) < 4.78 is 0. The molecule has 0 spiro atoms. The number of piperazine rings is 1. The number of nitrogens with zero attached hydrogens (tertiary/aromatic N) is 2. The van der Waals surface area contributed by atoms with Crippen LogP contribution >= 0.6 is 0 Å². The Bertz CT molecular complexity index is 429. The Labute approximate surface area is 128 Å². The Morgan fingerprint density at radius 1 is 1.29 bits per heavy atom. The predicted molar refractivity (Wildman–Crippen MR) is 87.6 cm³/mol. The summed E-state index contributed by atoms with van der Waals surface area (Å²) in [6, 6.07) is 10.3. The van der Waals surface area contributed by atoms with Gasteiger partial charge in [-0.1, -0.05) is 31.5 Å². The first kappa shape index (κ1) is 16.0. The number of hydrogen-bond donors (Lipinski definition) is 1. The van der Waals surface area contributed by atoms with Crippen molar-refractivity contribution in [2.24, 2.45) is 0 Å². The molecule has 1 heterocycles. The van der Waals surface area contributed by atoms with Gasteiger partial charge >= 0.3 is 0 Å². The molecule has 0 radical (unpaired) electrons. The third kappa shape index (κ3) is 4.55. The molecule has 0 aliphatic carbocycles. The fourth-order valence-electron chi connectivity index (χ4n) is 2.92. The minimum atomic E-state index is 0.212. The molecule has 1 fully saturated rings. The van der Waals surface area contributed by atoms with Crippen LogP contribution in [-0.4, -0.2) is 49.6 Å². The van der Waals surface area contributed by atoms with Crippen molar-refractivity contribution in [3.05, 3.63) is 30.3 Å². The highest BCUT2D eigenvalue weighted by atomic mass is 16.2. The molecule has 0 aromatic heterocycles. The van der Waals surface area contributed by atoms with Gasteiger partial charge in [0.2, 0.25) is 5.91 Å². The first-order valence-corrected chi connectivity index (χ1v) is 8.02. The molecule has 1 aliphatic heterocycles. The first-order chi connectivity index (χ1) is 10.2. The summed E-state index contributed by atoms with van der Waals surface area (Å²) in [6.45, 7) is 8.69. The van der Waals surface area contributed by atoms with Crippen LogP contribution in [0.4, 0.5) is 5.69 Å². The van der Waals surface area contributed by atoms with Crippen LogP contribution in [0.1, 0.15) is 26.7 Å². The summed E-state index contributed by atoms with van der Waals surface area (Å²) in [5, 5.41) is 3.33. The summed E-state index contributed by atoms with van der Waals surface area (Å²) in [5.41, 5.74) is 1.01. The molecule has 0 saturated carbocycles. The molecule has 4 heteroatoms. The number of anilines is 1. The summed E-state index contributed by atoms with van der Waals surface area (Å²) in [5.74, 6) is 0.212. The van der Waals surface area contributed by atoms with Gasteiger partial charge in [-0.15, -0.1) is 0 Å². The summed E-state index contributed by atoms with van der Waals surface area (Å²) in [6.07, 6.45) is 2.12. The SMILES string of the molecule is CCCC(C)N(C(=O)CN1CCNCC1)c1ccccc1. The molecule has 1 aromatic rings. The molecule has 116 valence electrons. The van der Waals surface area contributed by atoms with Crippen LogP contribution in [0.3, 0.4) is 0 Å². The lowest BCUT2D eigenvalue weighted by Gasteiger charge is -2.33. The van der Waals surface area contributed by atoms with E-state index in [0.29, 0.717) is 6.54 Å². The maximum absolute atomic E-state index is 12.8. The van der Waals surface area contributed by atoms with Gasteiger partial charge in [-0.3, -0.25) is 9.69 Å².